The first-order valence-electron chi connectivity index (χ1n) is 3.87. The van der Waals surface area contributed by atoms with Gasteiger partial charge in [0.05, 0.1) is 12.1 Å². The maximum atomic E-state index is 8.22. The summed E-state index contributed by atoms with van der Waals surface area (Å²) in [5.74, 6) is 2.58. The zero-order chi connectivity index (χ0) is 8.53. The molecule has 0 bridgehead atoms. The first-order valence-corrected chi connectivity index (χ1v) is 3.87. The van der Waals surface area contributed by atoms with Crippen molar-refractivity contribution in [3.05, 3.63) is 0 Å². The topological polar surface area (TPSA) is 35.8 Å². The van der Waals surface area contributed by atoms with Crippen molar-refractivity contribution in [2.24, 2.45) is 0 Å². The van der Waals surface area contributed by atoms with Crippen LogP contribution in [-0.2, 0) is 0 Å². The predicted octanol–water partition coefficient (Wildman–Crippen LogP) is 1.29. The number of unbranched alkanes of at least 4 members (excludes halogenated alkanes) is 2. The summed E-state index contributed by atoms with van der Waals surface area (Å²) in [6.45, 7) is 2.86. The highest BCUT2D eigenvalue weighted by atomic mass is 14.9. The van der Waals surface area contributed by atoms with Crippen molar-refractivity contribution in [2.45, 2.75) is 32.2 Å². The van der Waals surface area contributed by atoms with Gasteiger partial charge in [-0.3, -0.25) is 0 Å². The Labute approximate surface area is 68.6 Å². The molecule has 0 radical (unpaired) electrons. The quantitative estimate of drug-likeness (QED) is 0.473. The summed E-state index contributed by atoms with van der Waals surface area (Å²) in [5, 5.41) is 11.4. The van der Waals surface area contributed by atoms with Crippen molar-refractivity contribution in [3.8, 4) is 18.4 Å². The van der Waals surface area contributed by atoms with E-state index in [0.29, 0.717) is 6.42 Å². The highest BCUT2D eigenvalue weighted by Crippen LogP contribution is 1.91. The largest absolute Gasteiger partial charge is 0.304 e. The maximum absolute atomic E-state index is 8.22. The van der Waals surface area contributed by atoms with E-state index in [-0.39, 0.29) is 6.04 Å². The van der Waals surface area contributed by atoms with Crippen molar-refractivity contribution >= 4 is 0 Å². The zero-order valence-corrected chi connectivity index (χ0v) is 6.93. The Bertz CT molecular complexity index is 161. The standard InChI is InChI=1S/C9H14N2/c1-3-9(2)11-8-6-4-5-7-10/h1,9,11H,4-6,8H2,2H3. The summed E-state index contributed by atoms with van der Waals surface area (Å²) in [5.41, 5.74) is 0. The molecule has 0 aliphatic carbocycles. The minimum absolute atomic E-state index is 0.150. The summed E-state index contributed by atoms with van der Waals surface area (Å²) >= 11 is 0. The first kappa shape index (κ1) is 10.0. The van der Waals surface area contributed by atoms with Gasteiger partial charge in [-0.15, -0.1) is 6.42 Å². The molecule has 11 heavy (non-hydrogen) atoms. The summed E-state index contributed by atoms with van der Waals surface area (Å²) in [6, 6.07) is 2.25. The third-order valence-electron chi connectivity index (χ3n) is 1.42. The van der Waals surface area contributed by atoms with Crippen LogP contribution in [0.5, 0.6) is 0 Å². The Hall–Kier alpha value is -0.990. The lowest BCUT2D eigenvalue weighted by Crippen LogP contribution is -2.25. The monoisotopic (exact) mass is 150 g/mol. The molecule has 0 heterocycles. The molecule has 1 unspecified atom stereocenters. The van der Waals surface area contributed by atoms with Crippen LogP contribution in [0.25, 0.3) is 0 Å². The third-order valence-corrected chi connectivity index (χ3v) is 1.42. The van der Waals surface area contributed by atoms with E-state index in [0.717, 1.165) is 19.4 Å². The van der Waals surface area contributed by atoms with Gasteiger partial charge in [-0.05, 0) is 26.3 Å². The molecule has 0 spiro atoms. The fraction of sp³-hybridized carbons (Fsp3) is 0.667. The lowest BCUT2D eigenvalue weighted by Gasteiger charge is -2.05. The molecule has 0 rings (SSSR count). The van der Waals surface area contributed by atoms with E-state index >= 15 is 0 Å². The number of hydrogen-bond acceptors (Lipinski definition) is 2. The average Bonchev–Trinajstić information content (AvgIpc) is 2.04. The van der Waals surface area contributed by atoms with Gasteiger partial charge in [0, 0.05) is 6.42 Å². The van der Waals surface area contributed by atoms with Crippen LogP contribution >= 0.6 is 0 Å². The van der Waals surface area contributed by atoms with Crippen molar-refractivity contribution in [1.29, 1.82) is 5.26 Å². The molecule has 1 atom stereocenters. The molecule has 0 aromatic carbocycles. The molecule has 0 aliphatic rings. The highest BCUT2D eigenvalue weighted by molar-refractivity contribution is 4.95. The van der Waals surface area contributed by atoms with Crippen LogP contribution in [0.1, 0.15) is 26.2 Å². The Balaban J connectivity index is 3.04. The van der Waals surface area contributed by atoms with E-state index in [1.165, 1.54) is 0 Å². The molecule has 0 saturated carbocycles. The molecular formula is C9H14N2. The van der Waals surface area contributed by atoms with Crippen LogP contribution in [0.3, 0.4) is 0 Å². The molecule has 2 nitrogen and oxygen atoms in total. The van der Waals surface area contributed by atoms with Crippen molar-refractivity contribution < 1.29 is 0 Å². The van der Waals surface area contributed by atoms with Gasteiger partial charge in [0.25, 0.3) is 0 Å². The second-order valence-electron chi connectivity index (χ2n) is 2.46. The van der Waals surface area contributed by atoms with E-state index in [4.69, 9.17) is 11.7 Å². The first-order chi connectivity index (χ1) is 5.31. The Morgan fingerprint density at radius 3 is 2.82 bits per heavy atom. The number of nitrogens with zero attached hydrogens (tertiary/aromatic N) is 1. The van der Waals surface area contributed by atoms with Crippen molar-refractivity contribution in [2.75, 3.05) is 6.54 Å². The van der Waals surface area contributed by atoms with Gasteiger partial charge < -0.3 is 5.32 Å². The van der Waals surface area contributed by atoms with Gasteiger partial charge in [0.15, 0.2) is 0 Å². The average molecular weight is 150 g/mol. The molecular weight excluding hydrogens is 136 g/mol. The SMILES string of the molecule is C#CC(C)NCCCCC#N. The van der Waals surface area contributed by atoms with Crippen LogP contribution in [0.15, 0.2) is 0 Å². The Morgan fingerprint density at radius 1 is 1.55 bits per heavy atom. The lowest BCUT2D eigenvalue weighted by molar-refractivity contribution is 0.601. The van der Waals surface area contributed by atoms with Crippen molar-refractivity contribution in [1.82, 2.24) is 5.32 Å². The van der Waals surface area contributed by atoms with E-state index < -0.39 is 0 Å². The summed E-state index contributed by atoms with van der Waals surface area (Å²) in [4.78, 5) is 0. The predicted molar refractivity (Wildman–Crippen MR) is 45.8 cm³/mol. The fourth-order valence-electron chi connectivity index (χ4n) is 0.707. The second kappa shape index (κ2) is 7.12. The molecule has 0 amide bonds. The van der Waals surface area contributed by atoms with Crippen LogP contribution in [-0.4, -0.2) is 12.6 Å². The fourth-order valence-corrected chi connectivity index (χ4v) is 0.707. The Kier molecular flexibility index (Phi) is 6.48. The van der Waals surface area contributed by atoms with Gasteiger partial charge in [0.1, 0.15) is 0 Å². The van der Waals surface area contributed by atoms with E-state index in [9.17, 15) is 0 Å². The van der Waals surface area contributed by atoms with Crippen LogP contribution in [0.4, 0.5) is 0 Å². The number of rotatable bonds is 5. The van der Waals surface area contributed by atoms with Gasteiger partial charge in [-0.2, -0.15) is 5.26 Å². The Morgan fingerprint density at radius 2 is 2.27 bits per heavy atom. The lowest BCUT2D eigenvalue weighted by atomic mass is 10.2. The van der Waals surface area contributed by atoms with Gasteiger partial charge >= 0.3 is 0 Å². The van der Waals surface area contributed by atoms with E-state index in [2.05, 4.69) is 17.3 Å². The molecule has 0 saturated heterocycles. The molecule has 0 fully saturated rings. The van der Waals surface area contributed by atoms with Gasteiger partial charge in [-0.25, -0.2) is 0 Å². The van der Waals surface area contributed by atoms with Crippen LogP contribution in [0.2, 0.25) is 0 Å². The minimum atomic E-state index is 0.150. The number of hydrogen-bond donors (Lipinski definition) is 1. The molecule has 2 heteroatoms. The highest BCUT2D eigenvalue weighted by Gasteiger charge is 1.93. The molecule has 1 N–H and O–H groups in total. The number of nitriles is 1. The third kappa shape index (κ3) is 6.90. The number of terminal acetylenes is 1. The van der Waals surface area contributed by atoms with Gasteiger partial charge in [-0.1, -0.05) is 5.92 Å². The minimum Gasteiger partial charge on any atom is -0.304 e. The second-order valence-corrected chi connectivity index (χ2v) is 2.46. The van der Waals surface area contributed by atoms with Crippen LogP contribution < -0.4 is 5.32 Å². The summed E-state index contributed by atoms with van der Waals surface area (Å²) in [7, 11) is 0. The summed E-state index contributed by atoms with van der Waals surface area (Å²) in [6.07, 6.45) is 7.78. The van der Waals surface area contributed by atoms with Gasteiger partial charge in [0.2, 0.25) is 0 Å². The van der Waals surface area contributed by atoms with Crippen LogP contribution in [0, 0.1) is 23.7 Å². The smallest absolute Gasteiger partial charge is 0.0658 e. The normalized spacial score (nSPS) is 11.5. The zero-order valence-electron chi connectivity index (χ0n) is 6.93. The maximum Gasteiger partial charge on any atom is 0.0658 e. The molecule has 0 aromatic heterocycles. The molecule has 60 valence electrons. The summed E-state index contributed by atoms with van der Waals surface area (Å²) < 4.78 is 0. The van der Waals surface area contributed by atoms with E-state index in [1.807, 2.05) is 6.92 Å². The molecule has 0 aliphatic heterocycles. The van der Waals surface area contributed by atoms with E-state index in [1.54, 1.807) is 0 Å². The van der Waals surface area contributed by atoms with Crippen molar-refractivity contribution in [3.63, 3.8) is 0 Å². The number of nitrogens with one attached hydrogen (secondary N) is 1. The molecule has 0 aromatic rings.